The number of hydrogen-bond acceptors (Lipinski definition) is 3. The molecule has 0 spiro atoms. The Hall–Kier alpha value is -1.79. The van der Waals surface area contributed by atoms with Crippen molar-refractivity contribution < 1.29 is 22.3 Å². The van der Waals surface area contributed by atoms with Crippen LogP contribution in [0.4, 0.5) is 23.2 Å². The van der Waals surface area contributed by atoms with E-state index in [1.165, 1.54) is 18.2 Å². The quantitative estimate of drug-likeness (QED) is 0.697. The number of ether oxygens (including phenoxy) is 1. The summed E-state index contributed by atoms with van der Waals surface area (Å²) in [6.07, 6.45) is -4.65. The average Bonchev–Trinajstić information content (AvgIpc) is 2.66. The standard InChI is InChI=1S/C9H6F4N2O/c10-6-3-1-2-4-7(6)15-5-16-8(14-15)9(11,12)13/h1-4H,5H2. The highest BCUT2D eigenvalue weighted by Crippen LogP contribution is 2.26. The van der Waals surface area contributed by atoms with Gasteiger partial charge in [-0.3, -0.25) is 0 Å². The van der Waals surface area contributed by atoms with E-state index in [-0.39, 0.29) is 5.69 Å². The van der Waals surface area contributed by atoms with E-state index in [0.717, 1.165) is 11.1 Å². The fourth-order valence-electron chi connectivity index (χ4n) is 1.21. The van der Waals surface area contributed by atoms with Gasteiger partial charge in [-0.05, 0) is 12.1 Å². The fraction of sp³-hybridized carbons (Fsp3) is 0.222. The third-order valence-electron chi connectivity index (χ3n) is 1.91. The number of para-hydroxylation sites is 1. The Kier molecular flexibility index (Phi) is 2.45. The number of halogens is 4. The van der Waals surface area contributed by atoms with Crippen molar-refractivity contribution in [1.29, 1.82) is 0 Å². The predicted molar refractivity (Wildman–Crippen MR) is 48.3 cm³/mol. The Morgan fingerprint density at radius 3 is 2.50 bits per heavy atom. The number of nitrogens with zero attached hydrogens (tertiary/aromatic N) is 2. The summed E-state index contributed by atoms with van der Waals surface area (Å²) < 4.78 is 54.1. The van der Waals surface area contributed by atoms with E-state index in [1.54, 1.807) is 0 Å². The molecule has 1 heterocycles. The molecule has 0 unspecified atom stereocenters. The summed E-state index contributed by atoms with van der Waals surface area (Å²) in [5, 5.41) is 3.97. The summed E-state index contributed by atoms with van der Waals surface area (Å²) in [6, 6.07) is 5.39. The molecule has 0 N–H and O–H groups in total. The van der Waals surface area contributed by atoms with Crippen molar-refractivity contribution in [2.75, 3.05) is 11.7 Å². The largest absolute Gasteiger partial charge is 0.470 e. The second kappa shape index (κ2) is 3.66. The molecule has 0 aliphatic carbocycles. The third kappa shape index (κ3) is 1.93. The molecule has 1 aliphatic heterocycles. The maximum atomic E-state index is 13.2. The zero-order chi connectivity index (χ0) is 11.8. The molecule has 0 saturated carbocycles. The van der Waals surface area contributed by atoms with E-state index >= 15 is 0 Å². The minimum Gasteiger partial charge on any atom is -0.450 e. The van der Waals surface area contributed by atoms with E-state index in [2.05, 4.69) is 9.84 Å². The van der Waals surface area contributed by atoms with Crippen molar-refractivity contribution in [3.63, 3.8) is 0 Å². The Morgan fingerprint density at radius 1 is 1.25 bits per heavy atom. The van der Waals surface area contributed by atoms with Gasteiger partial charge in [0.2, 0.25) is 0 Å². The topological polar surface area (TPSA) is 24.8 Å². The van der Waals surface area contributed by atoms with Crippen molar-refractivity contribution >= 4 is 11.6 Å². The summed E-state index contributed by atoms with van der Waals surface area (Å²) in [5.74, 6) is -2.02. The van der Waals surface area contributed by atoms with E-state index in [9.17, 15) is 17.6 Å². The normalized spacial score (nSPS) is 16.0. The SMILES string of the molecule is Fc1ccccc1N1COC(C(F)(F)F)=N1. The lowest BCUT2D eigenvalue weighted by Crippen LogP contribution is -2.22. The molecule has 0 amide bonds. The zero-order valence-corrected chi connectivity index (χ0v) is 7.83. The summed E-state index contributed by atoms with van der Waals surface area (Å²) in [5.41, 5.74) is -0.0539. The van der Waals surface area contributed by atoms with Gasteiger partial charge in [0.25, 0.3) is 0 Å². The van der Waals surface area contributed by atoms with Gasteiger partial charge in [0.05, 0.1) is 5.69 Å². The summed E-state index contributed by atoms with van der Waals surface area (Å²) >= 11 is 0. The van der Waals surface area contributed by atoms with Crippen LogP contribution in [-0.4, -0.2) is 18.8 Å². The lowest BCUT2D eigenvalue weighted by Gasteiger charge is -2.11. The number of hydrazone groups is 1. The molecule has 1 aromatic carbocycles. The molecule has 0 fully saturated rings. The first kappa shape index (κ1) is 10.7. The molecule has 1 aliphatic rings. The first-order chi connectivity index (χ1) is 7.48. The van der Waals surface area contributed by atoms with Gasteiger partial charge in [-0.15, -0.1) is 5.10 Å². The Bertz CT molecular complexity index is 430. The molecule has 7 heteroatoms. The van der Waals surface area contributed by atoms with Crippen molar-refractivity contribution in [3.05, 3.63) is 30.1 Å². The van der Waals surface area contributed by atoms with Crippen LogP contribution in [0.3, 0.4) is 0 Å². The van der Waals surface area contributed by atoms with E-state index < -0.39 is 24.6 Å². The van der Waals surface area contributed by atoms with Crippen LogP contribution < -0.4 is 5.01 Å². The van der Waals surface area contributed by atoms with Crippen LogP contribution in [0.2, 0.25) is 0 Å². The molecule has 2 rings (SSSR count). The molecule has 86 valence electrons. The summed E-state index contributed by atoms with van der Waals surface area (Å²) in [6.45, 7) is -0.449. The van der Waals surface area contributed by atoms with Gasteiger partial charge in [0.1, 0.15) is 5.82 Å². The van der Waals surface area contributed by atoms with Gasteiger partial charge < -0.3 is 4.74 Å². The monoisotopic (exact) mass is 234 g/mol. The molecule has 0 saturated heterocycles. The fourth-order valence-corrected chi connectivity index (χ4v) is 1.21. The minimum atomic E-state index is -4.65. The lowest BCUT2D eigenvalue weighted by atomic mass is 10.3. The van der Waals surface area contributed by atoms with Crippen molar-refractivity contribution in [2.45, 2.75) is 6.18 Å². The number of hydrogen-bond donors (Lipinski definition) is 0. The van der Waals surface area contributed by atoms with Gasteiger partial charge in [-0.1, -0.05) is 12.1 Å². The van der Waals surface area contributed by atoms with Crippen molar-refractivity contribution in [2.24, 2.45) is 5.10 Å². The van der Waals surface area contributed by atoms with Crippen LogP contribution in [-0.2, 0) is 4.74 Å². The maximum Gasteiger partial charge on any atom is 0.470 e. The molecule has 1 aromatic rings. The summed E-state index contributed by atoms with van der Waals surface area (Å²) in [7, 11) is 0. The minimum absolute atomic E-state index is 0.0539. The maximum absolute atomic E-state index is 13.2. The first-order valence-corrected chi connectivity index (χ1v) is 4.29. The van der Waals surface area contributed by atoms with Gasteiger partial charge >= 0.3 is 12.1 Å². The Morgan fingerprint density at radius 2 is 1.94 bits per heavy atom. The van der Waals surface area contributed by atoms with E-state index in [1.807, 2.05) is 0 Å². The van der Waals surface area contributed by atoms with Crippen LogP contribution in [0.15, 0.2) is 29.4 Å². The van der Waals surface area contributed by atoms with Crippen LogP contribution >= 0.6 is 0 Å². The Labute approximate surface area is 87.9 Å². The van der Waals surface area contributed by atoms with Crippen molar-refractivity contribution in [3.8, 4) is 0 Å². The third-order valence-corrected chi connectivity index (χ3v) is 1.91. The zero-order valence-electron chi connectivity index (χ0n) is 7.83. The molecule has 0 atom stereocenters. The second-order valence-corrected chi connectivity index (χ2v) is 3.03. The average molecular weight is 234 g/mol. The highest BCUT2D eigenvalue weighted by atomic mass is 19.4. The molecular weight excluding hydrogens is 228 g/mol. The van der Waals surface area contributed by atoms with Crippen LogP contribution in [0, 0.1) is 5.82 Å². The van der Waals surface area contributed by atoms with Crippen LogP contribution in [0.5, 0.6) is 0 Å². The molecule has 3 nitrogen and oxygen atoms in total. The molecule has 0 radical (unpaired) electrons. The van der Waals surface area contributed by atoms with Gasteiger partial charge in [0, 0.05) is 0 Å². The molecular formula is C9H6F4N2O. The highest BCUT2D eigenvalue weighted by molar-refractivity contribution is 5.84. The van der Waals surface area contributed by atoms with Gasteiger partial charge in [-0.2, -0.15) is 13.2 Å². The predicted octanol–water partition coefficient (Wildman–Crippen LogP) is 2.50. The number of benzene rings is 1. The first-order valence-electron chi connectivity index (χ1n) is 4.29. The number of anilines is 1. The molecule has 0 bridgehead atoms. The Balaban J connectivity index is 2.27. The molecule has 0 aromatic heterocycles. The number of rotatable bonds is 1. The second-order valence-electron chi connectivity index (χ2n) is 3.03. The van der Waals surface area contributed by atoms with E-state index in [4.69, 9.17) is 0 Å². The van der Waals surface area contributed by atoms with Crippen molar-refractivity contribution in [1.82, 2.24) is 0 Å². The number of alkyl halides is 3. The van der Waals surface area contributed by atoms with Gasteiger partial charge in [0.15, 0.2) is 6.73 Å². The highest BCUT2D eigenvalue weighted by Gasteiger charge is 2.42. The lowest BCUT2D eigenvalue weighted by molar-refractivity contribution is -0.0752. The van der Waals surface area contributed by atoms with E-state index in [0.29, 0.717) is 0 Å². The smallest absolute Gasteiger partial charge is 0.450 e. The summed E-state index contributed by atoms with van der Waals surface area (Å²) in [4.78, 5) is 0. The van der Waals surface area contributed by atoms with Crippen LogP contribution in [0.25, 0.3) is 0 Å². The van der Waals surface area contributed by atoms with Gasteiger partial charge in [-0.25, -0.2) is 9.40 Å². The molecule has 16 heavy (non-hydrogen) atoms. The van der Waals surface area contributed by atoms with Crippen LogP contribution in [0.1, 0.15) is 0 Å².